The smallest absolute Gasteiger partial charge is 0.350 e. The highest BCUT2D eigenvalue weighted by Crippen LogP contribution is 2.36. The molecule has 0 radical (unpaired) electrons. The van der Waals surface area contributed by atoms with Crippen molar-refractivity contribution in [3.05, 3.63) is 0 Å². The first kappa shape index (κ1) is 16.8. The normalized spacial score (nSPS) is 16.3. The SMILES string of the molecule is ClC(Cl)Cl.OC(F)(C(F)F)C(F)(F)F. The number of aliphatic hydroxyl groups is 1. The van der Waals surface area contributed by atoms with Crippen LogP contribution in [0.25, 0.3) is 0 Å². The van der Waals surface area contributed by atoms with E-state index in [0.29, 0.717) is 0 Å². The van der Waals surface area contributed by atoms with Crippen molar-refractivity contribution < 1.29 is 31.4 Å². The summed E-state index contributed by atoms with van der Waals surface area (Å²) in [5.74, 6) is -5.40. The average molecular weight is 287 g/mol. The minimum Gasteiger partial charge on any atom is -0.350 e. The molecule has 0 saturated carbocycles. The van der Waals surface area contributed by atoms with Gasteiger partial charge in [-0.3, -0.25) is 0 Å². The lowest BCUT2D eigenvalue weighted by atomic mass is 10.3. The van der Waals surface area contributed by atoms with Gasteiger partial charge in [0.1, 0.15) is 0 Å². The van der Waals surface area contributed by atoms with Gasteiger partial charge in [-0.15, -0.1) is 0 Å². The molecule has 1 nitrogen and oxygen atoms in total. The van der Waals surface area contributed by atoms with Crippen LogP contribution in [0.1, 0.15) is 0 Å². The van der Waals surface area contributed by atoms with Crippen LogP contribution in [-0.4, -0.2) is 27.9 Å². The Morgan fingerprint density at radius 2 is 1.14 bits per heavy atom. The standard InChI is InChI=1S/C3H2F6O.CHCl3/c4-1(5)2(6,10)3(7,8)9;2-1(3)4/h1,10H;1H. The second kappa shape index (κ2) is 6.09. The van der Waals surface area contributed by atoms with E-state index in [-0.39, 0.29) is 0 Å². The van der Waals surface area contributed by atoms with Gasteiger partial charge in [0.2, 0.25) is 0 Å². The highest BCUT2D eigenvalue weighted by Gasteiger charge is 2.62. The van der Waals surface area contributed by atoms with Crippen LogP contribution in [-0.2, 0) is 0 Å². The number of rotatable bonds is 1. The van der Waals surface area contributed by atoms with Crippen LogP contribution in [0.2, 0.25) is 0 Å². The van der Waals surface area contributed by atoms with Gasteiger partial charge >= 0.3 is 18.5 Å². The van der Waals surface area contributed by atoms with Gasteiger partial charge in [-0.05, 0) is 0 Å². The predicted octanol–water partition coefficient (Wildman–Crippen LogP) is 3.46. The van der Waals surface area contributed by atoms with Crippen LogP contribution in [0.3, 0.4) is 0 Å². The van der Waals surface area contributed by atoms with Crippen LogP contribution >= 0.6 is 34.8 Å². The number of hydrogen-bond acceptors (Lipinski definition) is 1. The van der Waals surface area contributed by atoms with Gasteiger partial charge in [0.05, 0.1) is 0 Å². The highest BCUT2D eigenvalue weighted by atomic mass is 35.6. The van der Waals surface area contributed by atoms with Crippen molar-refractivity contribution in [3.8, 4) is 0 Å². The summed E-state index contributed by atoms with van der Waals surface area (Å²) >= 11 is 14.4. The Labute approximate surface area is 89.5 Å². The van der Waals surface area contributed by atoms with Crippen molar-refractivity contribution in [1.29, 1.82) is 0 Å². The molecule has 0 bridgehead atoms. The third kappa shape index (κ3) is 6.80. The largest absolute Gasteiger partial charge is 0.454 e. The van der Waals surface area contributed by atoms with Gasteiger partial charge < -0.3 is 5.11 Å². The molecule has 0 amide bonds. The van der Waals surface area contributed by atoms with Crippen molar-refractivity contribution in [2.45, 2.75) is 22.8 Å². The highest BCUT2D eigenvalue weighted by molar-refractivity contribution is 6.63. The lowest BCUT2D eigenvalue weighted by Crippen LogP contribution is -2.47. The van der Waals surface area contributed by atoms with Gasteiger partial charge in [-0.1, -0.05) is 34.8 Å². The summed E-state index contributed by atoms with van der Waals surface area (Å²) in [5.41, 5.74) is 0. The van der Waals surface area contributed by atoms with E-state index in [1.54, 1.807) is 0 Å². The number of halogens is 9. The minimum absolute atomic E-state index is 0.750. The van der Waals surface area contributed by atoms with Crippen LogP contribution in [0.15, 0.2) is 0 Å². The molecule has 0 aliphatic heterocycles. The first-order chi connectivity index (χ1) is 5.93. The summed E-state index contributed by atoms with van der Waals surface area (Å²) < 4.78 is 65.5. The van der Waals surface area contributed by atoms with Crippen LogP contribution in [0.5, 0.6) is 0 Å². The van der Waals surface area contributed by atoms with E-state index in [1.807, 2.05) is 0 Å². The van der Waals surface area contributed by atoms with E-state index >= 15 is 0 Å². The molecule has 0 rings (SSSR count). The number of hydrogen-bond donors (Lipinski definition) is 1. The van der Waals surface area contributed by atoms with Crippen LogP contribution < -0.4 is 0 Å². The average Bonchev–Trinajstić information content (AvgIpc) is 1.82. The Balaban J connectivity index is 0. The Morgan fingerprint density at radius 3 is 1.14 bits per heavy atom. The van der Waals surface area contributed by atoms with Crippen LogP contribution in [0, 0.1) is 0 Å². The summed E-state index contributed by atoms with van der Waals surface area (Å²) in [6, 6.07) is 0. The van der Waals surface area contributed by atoms with Crippen molar-refractivity contribution in [2.75, 3.05) is 0 Å². The lowest BCUT2D eigenvalue weighted by molar-refractivity contribution is -0.352. The zero-order valence-electron chi connectivity index (χ0n) is 6.00. The quantitative estimate of drug-likeness (QED) is 0.578. The van der Waals surface area contributed by atoms with E-state index in [4.69, 9.17) is 39.9 Å². The fourth-order valence-corrected chi connectivity index (χ4v) is 0.124. The third-order valence-corrected chi connectivity index (χ3v) is 0.687. The Kier molecular flexibility index (Phi) is 7.32. The van der Waals surface area contributed by atoms with Gasteiger partial charge in [0.25, 0.3) is 0 Å². The molecule has 1 N–H and O–H groups in total. The molecule has 0 fully saturated rings. The maximum Gasteiger partial charge on any atom is 0.454 e. The van der Waals surface area contributed by atoms with Crippen molar-refractivity contribution in [1.82, 2.24) is 0 Å². The van der Waals surface area contributed by atoms with Crippen molar-refractivity contribution >= 4 is 34.8 Å². The van der Waals surface area contributed by atoms with Gasteiger partial charge in [0, 0.05) is 0 Å². The van der Waals surface area contributed by atoms with Gasteiger partial charge in [0.15, 0.2) is 4.30 Å². The molecule has 0 aliphatic carbocycles. The van der Waals surface area contributed by atoms with E-state index in [2.05, 4.69) is 0 Å². The first-order valence-corrected chi connectivity index (χ1v) is 3.92. The monoisotopic (exact) mass is 286 g/mol. The van der Waals surface area contributed by atoms with E-state index < -0.39 is 22.8 Å². The predicted molar refractivity (Wildman–Crippen MR) is 39.5 cm³/mol. The molecule has 0 aromatic carbocycles. The van der Waals surface area contributed by atoms with Gasteiger partial charge in [-0.25, -0.2) is 8.78 Å². The molecular weight excluding hydrogens is 284 g/mol. The molecule has 0 spiro atoms. The van der Waals surface area contributed by atoms with E-state index in [9.17, 15) is 26.3 Å². The maximum absolute atomic E-state index is 11.4. The summed E-state index contributed by atoms with van der Waals surface area (Å²) in [6.45, 7) is 0. The Bertz CT molecular complexity index is 155. The molecule has 0 aromatic heterocycles. The molecule has 10 heteroatoms. The van der Waals surface area contributed by atoms with E-state index in [0.717, 1.165) is 0 Å². The van der Waals surface area contributed by atoms with Crippen LogP contribution in [0.4, 0.5) is 26.3 Å². The Morgan fingerprint density at radius 1 is 0.929 bits per heavy atom. The second-order valence-electron chi connectivity index (χ2n) is 1.72. The fraction of sp³-hybridized carbons (Fsp3) is 1.00. The van der Waals surface area contributed by atoms with E-state index in [1.165, 1.54) is 0 Å². The minimum atomic E-state index is -5.94. The number of alkyl halides is 9. The third-order valence-electron chi connectivity index (χ3n) is 0.687. The summed E-state index contributed by atoms with van der Waals surface area (Å²) in [5, 5.41) is 7.39. The molecule has 1 unspecified atom stereocenters. The molecule has 1 atom stereocenters. The molecule has 14 heavy (non-hydrogen) atoms. The molecule has 0 aromatic rings. The second-order valence-corrected chi connectivity index (χ2v) is 3.70. The molecule has 0 saturated heterocycles. The summed E-state index contributed by atoms with van der Waals surface area (Å²) in [6.07, 6.45) is -10.4. The topological polar surface area (TPSA) is 20.2 Å². The molecule has 0 heterocycles. The molecule has 88 valence electrons. The first-order valence-electron chi connectivity index (χ1n) is 2.61. The molecule has 0 aliphatic rings. The maximum atomic E-state index is 11.4. The molecular formula is C4H3Cl3F6O. The zero-order chi connectivity index (χ0) is 12.2. The van der Waals surface area contributed by atoms with Gasteiger partial charge in [-0.2, -0.15) is 17.6 Å². The lowest BCUT2D eigenvalue weighted by Gasteiger charge is -2.20. The summed E-state index contributed by atoms with van der Waals surface area (Å²) in [4.78, 5) is 0. The summed E-state index contributed by atoms with van der Waals surface area (Å²) in [7, 11) is 0. The Hall–Kier alpha value is 0.410. The fourth-order valence-electron chi connectivity index (χ4n) is 0.124. The van der Waals surface area contributed by atoms with Crippen molar-refractivity contribution in [2.24, 2.45) is 0 Å². The van der Waals surface area contributed by atoms with Crippen molar-refractivity contribution in [3.63, 3.8) is 0 Å². The zero-order valence-corrected chi connectivity index (χ0v) is 8.27.